The molecule has 6 nitrogen and oxygen atoms in total. The van der Waals surface area contributed by atoms with Crippen molar-refractivity contribution in [2.75, 3.05) is 17.7 Å². The van der Waals surface area contributed by atoms with Crippen molar-refractivity contribution in [3.05, 3.63) is 64.4 Å². The van der Waals surface area contributed by atoms with Crippen molar-refractivity contribution in [2.45, 2.75) is 31.5 Å². The van der Waals surface area contributed by atoms with Crippen molar-refractivity contribution in [3.63, 3.8) is 0 Å². The molecule has 0 bridgehead atoms. The summed E-state index contributed by atoms with van der Waals surface area (Å²) in [6.07, 6.45) is 1.28. The highest BCUT2D eigenvalue weighted by Gasteiger charge is 2.13. The topological polar surface area (TPSA) is 84.2 Å². The summed E-state index contributed by atoms with van der Waals surface area (Å²) in [4.78, 5) is 29.8. The zero-order chi connectivity index (χ0) is 19.9. The molecule has 3 aromatic rings. The molecule has 1 heterocycles. The quantitative estimate of drug-likeness (QED) is 0.451. The van der Waals surface area contributed by atoms with Crippen molar-refractivity contribution < 1.29 is 9.90 Å². The third kappa shape index (κ3) is 4.61. The van der Waals surface area contributed by atoms with Gasteiger partial charge in [0.1, 0.15) is 0 Å². The number of carbonyl (C=O) groups is 1. The number of aliphatic hydroxyl groups is 1. The van der Waals surface area contributed by atoms with Gasteiger partial charge in [0, 0.05) is 18.8 Å². The van der Waals surface area contributed by atoms with Gasteiger partial charge in [-0.3, -0.25) is 14.2 Å². The Morgan fingerprint density at radius 3 is 2.71 bits per heavy atom. The molecule has 0 aliphatic rings. The average molecular weight is 398 g/mol. The highest BCUT2D eigenvalue weighted by molar-refractivity contribution is 7.99. The molecule has 2 N–H and O–H groups in total. The van der Waals surface area contributed by atoms with Gasteiger partial charge < -0.3 is 10.4 Å². The lowest BCUT2D eigenvalue weighted by atomic mass is 10.1. The summed E-state index contributed by atoms with van der Waals surface area (Å²) < 4.78 is 1.54. The summed E-state index contributed by atoms with van der Waals surface area (Å²) in [5.41, 5.74) is 2.33. The van der Waals surface area contributed by atoms with Crippen LogP contribution in [0, 0.1) is 0 Å². The van der Waals surface area contributed by atoms with Crippen molar-refractivity contribution >= 4 is 34.3 Å². The lowest BCUT2D eigenvalue weighted by Crippen LogP contribution is -2.25. The standard InChI is InChI=1S/C21H23N3O3S/c1-2-15-8-3-5-10-17(15)22-19(26)14-28-21-23-18-11-6-4-9-16(18)20(27)24(21)12-7-13-25/h3-6,8-11,25H,2,7,12-14H2,1H3,(H,22,26). The Kier molecular flexibility index (Phi) is 6.84. The lowest BCUT2D eigenvalue weighted by Gasteiger charge is -2.13. The summed E-state index contributed by atoms with van der Waals surface area (Å²) in [5.74, 6) is -0.0101. The Balaban J connectivity index is 1.81. The monoisotopic (exact) mass is 397 g/mol. The Labute approximate surface area is 167 Å². The minimum atomic E-state index is -0.154. The Morgan fingerprint density at radius 1 is 1.18 bits per heavy atom. The molecule has 0 unspecified atom stereocenters. The van der Waals surface area contributed by atoms with Crippen LogP contribution < -0.4 is 10.9 Å². The van der Waals surface area contributed by atoms with Crippen LogP contribution in [0.2, 0.25) is 0 Å². The van der Waals surface area contributed by atoms with Gasteiger partial charge in [-0.2, -0.15) is 0 Å². The molecule has 2 aromatic carbocycles. The molecule has 0 atom stereocenters. The van der Waals surface area contributed by atoms with Gasteiger partial charge in [0.15, 0.2) is 5.16 Å². The van der Waals surface area contributed by atoms with E-state index >= 15 is 0 Å². The third-order valence-corrected chi connectivity index (χ3v) is 5.35. The molecule has 0 radical (unpaired) electrons. The minimum absolute atomic E-state index is 0.0162. The van der Waals surface area contributed by atoms with Crippen LogP contribution in [0.4, 0.5) is 5.69 Å². The smallest absolute Gasteiger partial charge is 0.262 e. The normalized spacial score (nSPS) is 10.9. The first-order valence-corrected chi connectivity index (χ1v) is 10.2. The minimum Gasteiger partial charge on any atom is -0.396 e. The molecular formula is C21H23N3O3S. The Morgan fingerprint density at radius 2 is 1.93 bits per heavy atom. The van der Waals surface area contributed by atoms with E-state index in [4.69, 9.17) is 5.11 Å². The van der Waals surface area contributed by atoms with Gasteiger partial charge in [0.2, 0.25) is 5.91 Å². The number of thioether (sulfide) groups is 1. The van der Waals surface area contributed by atoms with Crippen molar-refractivity contribution in [1.82, 2.24) is 9.55 Å². The number of aromatic nitrogens is 2. The second kappa shape index (κ2) is 9.52. The van der Waals surface area contributed by atoms with Gasteiger partial charge in [-0.25, -0.2) is 4.98 Å². The highest BCUT2D eigenvalue weighted by Crippen LogP contribution is 2.20. The van der Waals surface area contributed by atoms with Crippen molar-refractivity contribution in [1.29, 1.82) is 0 Å². The summed E-state index contributed by atoms with van der Waals surface area (Å²) in [7, 11) is 0. The Bertz CT molecular complexity index is 1030. The van der Waals surface area contributed by atoms with Crippen LogP contribution in [0.3, 0.4) is 0 Å². The fraction of sp³-hybridized carbons (Fsp3) is 0.286. The zero-order valence-electron chi connectivity index (χ0n) is 15.7. The molecule has 7 heteroatoms. The number of nitrogens with zero attached hydrogens (tertiary/aromatic N) is 2. The van der Waals surface area contributed by atoms with Gasteiger partial charge in [0.25, 0.3) is 5.56 Å². The number of benzene rings is 2. The average Bonchev–Trinajstić information content (AvgIpc) is 2.72. The maximum Gasteiger partial charge on any atom is 0.262 e. The largest absolute Gasteiger partial charge is 0.396 e. The van der Waals surface area contributed by atoms with E-state index in [0.29, 0.717) is 29.0 Å². The molecule has 146 valence electrons. The second-order valence-electron chi connectivity index (χ2n) is 6.29. The number of fused-ring (bicyclic) bond motifs is 1. The molecule has 1 aromatic heterocycles. The van der Waals surface area contributed by atoms with E-state index in [0.717, 1.165) is 17.7 Å². The van der Waals surface area contributed by atoms with E-state index in [1.165, 1.54) is 16.3 Å². The molecule has 28 heavy (non-hydrogen) atoms. The number of carbonyl (C=O) groups excluding carboxylic acids is 1. The van der Waals surface area contributed by atoms with Crippen LogP contribution in [-0.4, -0.2) is 32.9 Å². The van der Waals surface area contributed by atoms with Gasteiger partial charge in [-0.05, 0) is 36.6 Å². The fourth-order valence-corrected chi connectivity index (χ4v) is 3.78. The van der Waals surface area contributed by atoms with Crippen LogP contribution in [0.5, 0.6) is 0 Å². The summed E-state index contributed by atoms with van der Waals surface area (Å²) in [6.45, 7) is 2.38. The SMILES string of the molecule is CCc1ccccc1NC(=O)CSc1nc2ccccc2c(=O)n1CCCO. The molecule has 3 rings (SSSR count). The molecule has 0 spiro atoms. The molecule has 0 fully saturated rings. The first kappa shape index (κ1) is 20.1. The number of rotatable bonds is 8. The van der Waals surface area contributed by atoms with E-state index in [1.807, 2.05) is 37.3 Å². The Hall–Kier alpha value is -2.64. The molecule has 0 aliphatic carbocycles. The van der Waals surface area contributed by atoms with Gasteiger partial charge >= 0.3 is 0 Å². The van der Waals surface area contributed by atoms with E-state index in [-0.39, 0.29) is 23.8 Å². The predicted molar refractivity (Wildman–Crippen MR) is 113 cm³/mol. The first-order chi connectivity index (χ1) is 13.6. The van der Waals surface area contributed by atoms with Crippen LogP contribution in [0.25, 0.3) is 10.9 Å². The maximum absolute atomic E-state index is 12.8. The molecular weight excluding hydrogens is 374 g/mol. The van der Waals surface area contributed by atoms with E-state index in [9.17, 15) is 9.59 Å². The highest BCUT2D eigenvalue weighted by atomic mass is 32.2. The van der Waals surface area contributed by atoms with E-state index < -0.39 is 0 Å². The molecule has 0 saturated heterocycles. The van der Waals surface area contributed by atoms with E-state index in [1.54, 1.807) is 18.2 Å². The van der Waals surface area contributed by atoms with Crippen LogP contribution in [-0.2, 0) is 17.8 Å². The number of aliphatic hydroxyl groups excluding tert-OH is 1. The summed E-state index contributed by atoms with van der Waals surface area (Å²) in [6, 6.07) is 14.9. The first-order valence-electron chi connectivity index (χ1n) is 9.25. The molecule has 0 saturated carbocycles. The number of hydrogen-bond donors (Lipinski definition) is 2. The van der Waals surface area contributed by atoms with Crippen LogP contribution in [0.1, 0.15) is 18.9 Å². The number of nitrogens with one attached hydrogen (secondary N) is 1. The maximum atomic E-state index is 12.8. The third-order valence-electron chi connectivity index (χ3n) is 4.37. The van der Waals surface area contributed by atoms with Crippen molar-refractivity contribution in [2.24, 2.45) is 0 Å². The van der Waals surface area contributed by atoms with Crippen LogP contribution in [0.15, 0.2) is 58.5 Å². The van der Waals surface area contributed by atoms with Gasteiger partial charge in [0.05, 0.1) is 16.7 Å². The fourth-order valence-electron chi connectivity index (χ4n) is 2.95. The summed E-state index contributed by atoms with van der Waals surface area (Å²) in [5, 5.41) is 13.1. The number of para-hydroxylation sites is 2. The van der Waals surface area contributed by atoms with Gasteiger partial charge in [-0.15, -0.1) is 0 Å². The molecule has 1 amide bonds. The van der Waals surface area contributed by atoms with Gasteiger partial charge in [-0.1, -0.05) is 49.0 Å². The molecule has 0 aliphatic heterocycles. The van der Waals surface area contributed by atoms with Crippen LogP contribution >= 0.6 is 11.8 Å². The van der Waals surface area contributed by atoms with Crippen molar-refractivity contribution in [3.8, 4) is 0 Å². The summed E-state index contributed by atoms with van der Waals surface area (Å²) >= 11 is 1.23. The number of aryl methyl sites for hydroxylation is 1. The predicted octanol–water partition coefficient (Wildman–Crippen LogP) is 3.07. The number of hydrogen-bond acceptors (Lipinski definition) is 5. The number of amides is 1. The number of anilines is 1. The van der Waals surface area contributed by atoms with E-state index in [2.05, 4.69) is 10.3 Å². The zero-order valence-corrected chi connectivity index (χ0v) is 16.5. The lowest BCUT2D eigenvalue weighted by molar-refractivity contribution is -0.113. The second-order valence-corrected chi connectivity index (χ2v) is 7.24.